The van der Waals surface area contributed by atoms with Crippen LogP contribution in [-0.2, 0) is 13.5 Å². The van der Waals surface area contributed by atoms with Crippen molar-refractivity contribution in [1.82, 2.24) is 29.4 Å². The van der Waals surface area contributed by atoms with Gasteiger partial charge < -0.3 is 0 Å². The highest BCUT2D eigenvalue weighted by molar-refractivity contribution is 6.30. The zero-order valence-electron chi connectivity index (χ0n) is 15.5. The summed E-state index contributed by atoms with van der Waals surface area (Å²) >= 11 is 6.03. The molecule has 0 N–H and O–H groups in total. The molecular weight excluding hydrogens is 374 g/mol. The van der Waals surface area contributed by atoms with Crippen molar-refractivity contribution in [2.75, 3.05) is 0 Å². The number of hydrogen-bond acceptors (Lipinski definition) is 5. The molecule has 140 valence electrons. The third-order valence-electron chi connectivity index (χ3n) is 4.60. The standard InChI is InChI=1S/C20H18ClN7/c1-13(9-22)3-8-18-25-26-20-19(15-10-23-27(2)11-15)24-17(12-28(18)20)14-4-6-16(21)7-5-14/h4-7,10-13H,3,8H2,1-2H3/t13-/m1/s1. The van der Waals surface area contributed by atoms with Gasteiger partial charge in [-0.15, -0.1) is 10.2 Å². The maximum atomic E-state index is 9.06. The Morgan fingerprint density at radius 1 is 1.14 bits per heavy atom. The maximum Gasteiger partial charge on any atom is 0.187 e. The lowest BCUT2D eigenvalue weighted by Gasteiger charge is -2.08. The number of benzene rings is 1. The van der Waals surface area contributed by atoms with Gasteiger partial charge in [0.2, 0.25) is 0 Å². The predicted molar refractivity (Wildman–Crippen MR) is 107 cm³/mol. The van der Waals surface area contributed by atoms with Gasteiger partial charge in [0.1, 0.15) is 11.5 Å². The summed E-state index contributed by atoms with van der Waals surface area (Å²) in [5, 5.41) is 22.7. The number of hydrogen-bond donors (Lipinski definition) is 0. The Bertz CT molecular complexity index is 1170. The van der Waals surface area contributed by atoms with Gasteiger partial charge in [-0.05, 0) is 25.5 Å². The molecule has 0 saturated carbocycles. The molecule has 0 unspecified atom stereocenters. The van der Waals surface area contributed by atoms with E-state index in [4.69, 9.17) is 21.8 Å². The Labute approximate surface area is 167 Å². The second-order valence-corrected chi connectivity index (χ2v) is 7.20. The number of nitrogens with zero attached hydrogens (tertiary/aromatic N) is 7. The number of nitriles is 1. The van der Waals surface area contributed by atoms with Gasteiger partial charge >= 0.3 is 0 Å². The molecule has 4 aromatic rings. The number of aryl methyl sites for hydroxylation is 2. The molecule has 0 spiro atoms. The Morgan fingerprint density at radius 2 is 1.93 bits per heavy atom. The van der Waals surface area contributed by atoms with E-state index in [2.05, 4.69) is 21.4 Å². The van der Waals surface area contributed by atoms with Gasteiger partial charge in [0, 0.05) is 47.9 Å². The zero-order valence-corrected chi connectivity index (χ0v) is 16.3. The molecule has 0 radical (unpaired) electrons. The van der Waals surface area contributed by atoms with Crippen LogP contribution in [0.3, 0.4) is 0 Å². The van der Waals surface area contributed by atoms with Crippen LogP contribution in [0.25, 0.3) is 28.2 Å². The van der Waals surface area contributed by atoms with E-state index in [1.807, 2.05) is 55.0 Å². The first-order chi connectivity index (χ1) is 13.5. The van der Waals surface area contributed by atoms with Gasteiger partial charge in [-0.25, -0.2) is 4.98 Å². The highest BCUT2D eigenvalue weighted by Crippen LogP contribution is 2.27. The summed E-state index contributed by atoms with van der Waals surface area (Å²) in [5.41, 5.74) is 3.99. The molecular formula is C20H18ClN7. The van der Waals surface area contributed by atoms with E-state index in [1.165, 1.54) is 0 Å². The topological polar surface area (TPSA) is 84.7 Å². The van der Waals surface area contributed by atoms with Crippen molar-refractivity contribution < 1.29 is 0 Å². The Kier molecular flexibility index (Phi) is 4.80. The largest absolute Gasteiger partial charge is 0.282 e. The molecule has 0 aliphatic rings. The van der Waals surface area contributed by atoms with E-state index in [0.717, 1.165) is 29.1 Å². The smallest absolute Gasteiger partial charge is 0.187 e. The monoisotopic (exact) mass is 391 g/mol. The molecule has 1 atom stereocenters. The minimum absolute atomic E-state index is 0.0392. The fourth-order valence-electron chi connectivity index (χ4n) is 3.02. The molecule has 0 fully saturated rings. The molecule has 0 saturated heterocycles. The quantitative estimate of drug-likeness (QED) is 0.514. The van der Waals surface area contributed by atoms with Crippen molar-refractivity contribution in [2.45, 2.75) is 19.8 Å². The van der Waals surface area contributed by atoms with Crippen LogP contribution in [0, 0.1) is 17.2 Å². The fourth-order valence-corrected chi connectivity index (χ4v) is 3.15. The molecule has 28 heavy (non-hydrogen) atoms. The predicted octanol–water partition coefficient (Wildman–Crippen LogP) is 3.94. The summed E-state index contributed by atoms with van der Waals surface area (Å²) in [6.07, 6.45) is 6.98. The average molecular weight is 392 g/mol. The van der Waals surface area contributed by atoms with Gasteiger partial charge in [-0.2, -0.15) is 10.4 Å². The molecule has 0 aliphatic heterocycles. The normalized spacial score (nSPS) is 12.2. The van der Waals surface area contributed by atoms with E-state index in [-0.39, 0.29) is 5.92 Å². The van der Waals surface area contributed by atoms with E-state index >= 15 is 0 Å². The summed E-state index contributed by atoms with van der Waals surface area (Å²) in [5.74, 6) is 0.766. The SMILES string of the molecule is C[C@@H](C#N)CCc1nnc2c(-c3cnn(C)c3)nc(-c3ccc(Cl)cc3)cn12. The minimum atomic E-state index is -0.0392. The van der Waals surface area contributed by atoms with Crippen molar-refractivity contribution in [3.63, 3.8) is 0 Å². The van der Waals surface area contributed by atoms with Gasteiger partial charge in [0.25, 0.3) is 0 Å². The fraction of sp³-hybridized carbons (Fsp3) is 0.250. The van der Waals surface area contributed by atoms with E-state index in [0.29, 0.717) is 22.8 Å². The lowest BCUT2D eigenvalue weighted by atomic mass is 10.1. The van der Waals surface area contributed by atoms with E-state index in [1.54, 1.807) is 10.9 Å². The molecule has 0 amide bonds. The lowest BCUT2D eigenvalue weighted by Crippen LogP contribution is -2.02. The molecule has 3 heterocycles. The van der Waals surface area contributed by atoms with Gasteiger partial charge in [0.05, 0.1) is 18.0 Å². The molecule has 7 nitrogen and oxygen atoms in total. The first-order valence-corrected chi connectivity index (χ1v) is 9.32. The van der Waals surface area contributed by atoms with Gasteiger partial charge in [-0.1, -0.05) is 23.7 Å². The van der Waals surface area contributed by atoms with E-state index in [9.17, 15) is 0 Å². The van der Waals surface area contributed by atoms with Gasteiger partial charge in [0.15, 0.2) is 5.65 Å². The van der Waals surface area contributed by atoms with Gasteiger partial charge in [-0.3, -0.25) is 9.08 Å². The van der Waals surface area contributed by atoms with Crippen molar-refractivity contribution in [1.29, 1.82) is 5.26 Å². The van der Waals surface area contributed by atoms with Crippen molar-refractivity contribution in [2.24, 2.45) is 13.0 Å². The summed E-state index contributed by atoms with van der Waals surface area (Å²) in [6.45, 7) is 1.91. The Hall–Kier alpha value is -3.24. The summed E-state index contributed by atoms with van der Waals surface area (Å²) in [7, 11) is 1.86. The number of aromatic nitrogens is 6. The molecule has 3 aromatic heterocycles. The Morgan fingerprint density at radius 3 is 2.61 bits per heavy atom. The van der Waals surface area contributed by atoms with Crippen LogP contribution in [0.1, 0.15) is 19.2 Å². The maximum absolute atomic E-state index is 9.06. The van der Waals surface area contributed by atoms with Crippen LogP contribution in [0.2, 0.25) is 5.02 Å². The highest BCUT2D eigenvalue weighted by atomic mass is 35.5. The van der Waals surface area contributed by atoms with Crippen molar-refractivity contribution in [3.05, 3.63) is 53.7 Å². The van der Waals surface area contributed by atoms with E-state index < -0.39 is 0 Å². The van der Waals surface area contributed by atoms with Crippen molar-refractivity contribution in [3.8, 4) is 28.6 Å². The lowest BCUT2D eigenvalue weighted by molar-refractivity contribution is 0.637. The molecule has 1 aromatic carbocycles. The molecule has 4 rings (SSSR count). The van der Waals surface area contributed by atoms with Crippen LogP contribution in [-0.4, -0.2) is 29.4 Å². The average Bonchev–Trinajstić information content (AvgIpc) is 3.32. The molecule has 0 aliphatic carbocycles. The second kappa shape index (κ2) is 7.41. The molecule has 0 bridgehead atoms. The number of rotatable bonds is 5. The summed E-state index contributed by atoms with van der Waals surface area (Å²) < 4.78 is 3.69. The first-order valence-electron chi connectivity index (χ1n) is 8.94. The van der Waals surface area contributed by atoms with Crippen LogP contribution < -0.4 is 0 Å². The summed E-state index contributed by atoms with van der Waals surface area (Å²) in [4.78, 5) is 4.84. The van der Waals surface area contributed by atoms with Crippen molar-refractivity contribution >= 4 is 17.2 Å². The third kappa shape index (κ3) is 3.47. The minimum Gasteiger partial charge on any atom is -0.282 e. The summed E-state index contributed by atoms with van der Waals surface area (Å²) in [6, 6.07) is 9.82. The highest BCUT2D eigenvalue weighted by Gasteiger charge is 2.17. The zero-order chi connectivity index (χ0) is 19.7. The van der Waals surface area contributed by atoms with Crippen LogP contribution in [0.5, 0.6) is 0 Å². The van der Waals surface area contributed by atoms with Crippen LogP contribution in [0.15, 0.2) is 42.9 Å². The van der Waals surface area contributed by atoms with Crippen LogP contribution in [0.4, 0.5) is 0 Å². The first kappa shape index (κ1) is 18.1. The second-order valence-electron chi connectivity index (χ2n) is 6.76. The number of halogens is 1. The number of fused-ring (bicyclic) bond motifs is 1. The molecule has 8 heteroatoms. The van der Waals surface area contributed by atoms with Crippen LogP contribution >= 0.6 is 11.6 Å². The Balaban J connectivity index is 1.87. The third-order valence-corrected chi connectivity index (χ3v) is 4.85.